The van der Waals surface area contributed by atoms with E-state index >= 15 is 0 Å². The standard InChI is InChI=1S/C32H42O2Si2.3C2H6N.Nb/c1-31(2,3)35(7,8)25-19-21-15-11-13-17-23(21)27(29(25)33)28-24-18-14-12-16-22(24)20-26(30(28)34)36(9,10)32(4,5)6;3*1-3-2;/h11-20,33-34H,1-10H3;3*1-2H3;/q;3*-1;+5/p-2. The van der Waals surface area contributed by atoms with Crippen molar-refractivity contribution in [3.05, 3.63) is 76.6 Å². The summed E-state index contributed by atoms with van der Waals surface area (Å²) in [5.74, 6) is 0.0739. The van der Waals surface area contributed by atoms with Gasteiger partial charge in [0.15, 0.2) is 0 Å². The minimum Gasteiger partial charge on any atom is -0.872 e. The molecular weight excluding hydrogens is 680 g/mol. The first-order valence-electron chi connectivity index (χ1n) is 15.7. The van der Waals surface area contributed by atoms with Crippen molar-refractivity contribution in [3.63, 3.8) is 0 Å². The van der Waals surface area contributed by atoms with E-state index in [2.05, 4.69) is 108 Å². The Hall–Kier alpha value is -1.95. The smallest absolute Gasteiger partial charge is 0.872 e. The van der Waals surface area contributed by atoms with E-state index in [1.165, 1.54) is 0 Å². The van der Waals surface area contributed by atoms with Crippen molar-refractivity contribution >= 4 is 48.1 Å². The maximum atomic E-state index is 14.5. The number of nitrogens with zero attached hydrogens (tertiary/aromatic N) is 3. The molecule has 0 spiro atoms. The Labute approximate surface area is 298 Å². The van der Waals surface area contributed by atoms with E-state index in [-0.39, 0.29) is 44.0 Å². The Balaban J connectivity index is 0.00000182. The normalized spacial score (nSPS) is 11.7. The average molecular weight is 738 g/mol. The fourth-order valence-electron chi connectivity index (χ4n) is 4.89. The van der Waals surface area contributed by atoms with Crippen LogP contribution in [-0.4, -0.2) is 58.4 Å². The number of hydrogen-bond donors (Lipinski definition) is 0. The van der Waals surface area contributed by atoms with Gasteiger partial charge in [-0.15, -0.1) is 11.5 Å². The largest absolute Gasteiger partial charge is 5.00 e. The predicted molar refractivity (Wildman–Crippen MR) is 205 cm³/mol. The zero-order chi connectivity index (χ0) is 35.0. The minimum absolute atomic E-state index is 0. The molecule has 8 heteroatoms. The van der Waals surface area contributed by atoms with E-state index in [0.717, 1.165) is 31.9 Å². The van der Waals surface area contributed by atoms with Gasteiger partial charge in [0, 0.05) is 0 Å². The molecule has 0 saturated carbocycles. The minimum atomic E-state index is -2.18. The Morgan fingerprint density at radius 1 is 0.500 bits per heavy atom. The van der Waals surface area contributed by atoms with Crippen molar-refractivity contribution in [3.8, 4) is 22.6 Å². The quantitative estimate of drug-likeness (QED) is 0.197. The van der Waals surface area contributed by atoms with Crippen LogP contribution in [-0.2, 0) is 22.4 Å². The molecule has 0 bridgehead atoms. The van der Waals surface area contributed by atoms with E-state index in [0.29, 0.717) is 11.1 Å². The van der Waals surface area contributed by atoms with Gasteiger partial charge in [0.2, 0.25) is 0 Å². The van der Waals surface area contributed by atoms with Gasteiger partial charge in [-0.1, -0.05) is 139 Å². The van der Waals surface area contributed by atoms with E-state index in [1.54, 1.807) is 42.3 Å². The van der Waals surface area contributed by atoms with Crippen LogP contribution < -0.4 is 20.6 Å². The second-order valence-electron chi connectivity index (χ2n) is 14.8. The molecule has 0 atom stereocenters. The van der Waals surface area contributed by atoms with E-state index in [9.17, 15) is 10.2 Å². The molecule has 0 saturated heterocycles. The van der Waals surface area contributed by atoms with Gasteiger partial charge in [-0.2, -0.15) is 42.3 Å². The summed E-state index contributed by atoms with van der Waals surface area (Å²) >= 11 is 0. The number of benzene rings is 4. The maximum absolute atomic E-state index is 14.5. The van der Waals surface area contributed by atoms with Crippen molar-refractivity contribution in [2.75, 3.05) is 42.3 Å². The summed E-state index contributed by atoms with van der Waals surface area (Å²) in [6.07, 6.45) is 0. The molecule has 0 heterocycles. The molecule has 0 aliphatic carbocycles. The Bertz CT molecular complexity index is 1420. The van der Waals surface area contributed by atoms with Crippen LogP contribution in [0.5, 0.6) is 11.5 Å². The molecule has 0 amide bonds. The molecule has 4 aromatic rings. The molecule has 0 fully saturated rings. The molecule has 0 unspecified atom stereocenters. The van der Waals surface area contributed by atoms with Crippen molar-refractivity contribution in [2.24, 2.45) is 0 Å². The Morgan fingerprint density at radius 2 is 0.739 bits per heavy atom. The van der Waals surface area contributed by atoms with Crippen molar-refractivity contribution in [1.82, 2.24) is 0 Å². The summed E-state index contributed by atoms with van der Waals surface area (Å²) in [7, 11) is 6.14. The van der Waals surface area contributed by atoms with Gasteiger partial charge in [-0.25, -0.2) is 0 Å². The summed E-state index contributed by atoms with van der Waals surface area (Å²) in [4.78, 5) is 0. The molecule has 0 aliphatic rings. The van der Waals surface area contributed by atoms with Crippen molar-refractivity contribution in [2.45, 2.75) is 77.8 Å². The van der Waals surface area contributed by atoms with Crippen molar-refractivity contribution in [1.29, 1.82) is 0 Å². The molecule has 0 N–H and O–H groups in total. The second kappa shape index (κ2) is 18.0. The van der Waals surface area contributed by atoms with Gasteiger partial charge < -0.3 is 26.2 Å². The fourth-order valence-corrected chi connectivity index (χ4v) is 8.92. The van der Waals surface area contributed by atoms with E-state index in [4.69, 9.17) is 0 Å². The average Bonchev–Trinajstić information content (AvgIpc) is 2.93. The zero-order valence-corrected chi connectivity index (χ0v) is 35.6. The van der Waals surface area contributed by atoms with Crippen LogP contribution in [0.25, 0.3) is 48.6 Å². The fraction of sp³-hybridized carbons (Fsp3) is 0.474. The van der Waals surface area contributed by atoms with Gasteiger partial charge in [-0.3, -0.25) is 0 Å². The van der Waals surface area contributed by atoms with Gasteiger partial charge in [0.05, 0.1) is 16.1 Å². The molecular formula is C38H58N3NbO2Si2. The van der Waals surface area contributed by atoms with Gasteiger partial charge in [0.25, 0.3) is 0 Å². The summed E-state index contributed by atoms with van der Waals surface area (Å²) in [5, 5.41) is 45.2. The number of hydrogen-bond acceptors (Lipinski definition) is 2. The SMILES string of the molecule is CC(C)(C)[Si](C)(C)c1cc2ccccc2c(-c2c([O-])c([Si](C)(C)C(C)(C)C)cc3ccccc23)c1[O-].C[N-]C.C[N-]C.C[N-]C.[Nb+5]. The molecule has 0 radical (unpaired) electrons. The van der Waals surface area contributed by atoms with Crippen LogP contribution in [0.1, 0.15) is 41.5 Å². The first-order chi connectivity index (χ1) is 20.7. The topological polar surface area (TPSA) is 88.4 Å². The molecule has 4 aromatic carbocycles. The van der Waals surface area contributed by atoms with E-state index in [1.807, 2.05) is 36.4 Å². The molecule has 4 rings (SSSR count). The predicted octanol–water partition coefficient (Wildman–Crippen LogP) is 9.09. The maximum Gasteiger partial charge on any atom is 5.00 e. The van der Waals surface area contributed by atoms with Crippen LogP contribution in [0.3, 0.4) is 0 Å². The molecule has 0 aromatic heterocycles. The van der Waals surface area contributed by atoms with Crippen LogP contribution in [0.2, 0.25) is 36.3 Å². The number of rotatable bonds is 3. The van der Waals surface area contributed by atoms with Crippen molar-refractivity contribution < 1.29 is 32.6 Å². The molecule has 0 aliphatic heterocycles. The Kier molecular flexibility index (Phi) is 17.2. The van der Waals surface area contributed by atoms with Gasteiger partial charge in [-0.05, 0) is 42.7 Å². The van der Waals surface area contributed by atoms with Crippen LogP contribution in [0.15, 0.2) is 60.7 Å². The number of fused-ring (bicyclic) bond motifs is 2. The van der Waals surface area contributed by atoms with Crippen LogP contribution in [0.4, 0.5) is 0 Å². The first-order valence-corrected chi connectivity index (χ1v) is 21.7. The summed E-state index contributed by atoms with van der Waals surface area (Å²) < 4.78 is 0. The third kappa shape index (κ3) is 9.57. The third-order valence-electron chi connectivity index (χ3n) is 9.35. The molecule has 5 nitrogen and oxygen atoms in total. The van der Waals surface area contributed by atoms with E-state index < -0.39 is 16.1 Å². The zero-order valence-electron chi connectivity index (χ0n) is 31.4. The van der Waals surface area contributed by atoms with Gasteiger partial charge >= 0.3 is 22.4 Å². The van der Waals surface area contributed by atoms with Crippen LogP contribution >= 0.6 is 0 Å². The summed E-state index contributed by atoms with van der Waals surface area (Å²) in [5.41, 5.74) is 1.18. The van der Waals surface area contributed by atoms with Gasteiger partial charge in [0.1, 0.15) is 0 Å². The molecule has 46 heavy (non-hydrogen) atoms. The monoisotopic (exact) mass is 737 g/mol. The Morgan fingerprint density at radius 3 is 0.978 bits per heavy atom. The first kappa shape index (κ1) is 44.1. The summed E-state index contributed by atoms with van der Waals surface area (Å²) in [6.45, 7) is 22.5. The third-order valence-corrected chi connectivity index (χ3v) is 20.3. The second-order valence-corrected chi connectivity index (χ2v) is 25.4. The molecule has 250 valence electrons. The van der Waals surface area contributed by atoms with Crippen LogP contribution in [0, 0.1) is 0 Å². The summed E-state index contributed by atoms with van der Waals surface area (Å²) in [6, 6.07) is 20.4.